The summed E-state index contributed by atoms with van der Waals surface area (Å²) in [5.74, 6) is 0.133. The van der Waals surface area contributed by atoms with Crippen LogP contribution in [0.25, 0.3) is 0 Å². The Morgan fingerprint density at radius 2 is 1.96 bits per heavy atom. The minimum Gasteiger partial charge on any atom is -0.476 e. The molecule has 0 saturated heterocycles. The molecule has 4 rings (SSSR count). The smallest absolute Gasteiger partial charge is 0.358 e. The number of carbonyl (C=O) groups is 2. The number of hydrogen-bond acceptors (Lipinski definition) is 6. The van der Waals surface area contributed by atoms with E-state index in [-0.39, 0.29) is 31.0 Å². The van der Waals surface area contributed by atoms with Crippen LogP contribution in [-0.4, -0.2) is 49.7 Å². The van der Waals surface area contributed by atoms with Crippen molar-refractivity contribution in [1.29, 1.82) is 0 Å². The van der Waals surface area contributed by atoms with Crippen molar-refractivity contribution in [3.63, 3.8) is 0 Å². The first kappa shape index (κ1) is 18.3. The van der Waals surface area contributed by atoms with Crippen LogP contribution in [0.5, 0.6) is 11.5 Å². The Bertz CT molecular complexity index is 875. The Morgan fingerprint density at radius 3 is 2.71 bits per heavy atom. The number of rotatable bonds is 6. The van der Waals surface area contributed by atoms with Crippen molar-refractivity contribution in [2.24, 2.45) is 0 Å². The van der Waals surface area contributed by atoms with Gasteiger partial charge in [-0.05, 0) is 30.5 Å². The van der Waals surface area contributed by atoms with Gasteiger partial charge < -0.3 is 19.5 Å². The van der Waals surface area contributed by atoms with Gasteiger partial charge >= 0.3 is 5.97 Å². The molecule has 2 aromatic rings. The van der Waals surface area contributed by atoms with Gasteiger partial charge in [0.1, 0.15) is 6.54 Å². The summed E-state index contributed by atoms with van der Waals surface area (Å²) in [5, 5.41) is 16.3. The van der Waals surface area contributed by atoms with Gasteiger partial charge in [-0.25, -0.2) is 9.48 Å². The molecule has 0 atom stereocenters. The van der Waals surface area contributed by atoms with E-state index in [9.17, 15) is 9.59 Å². The molecule has 1 aliphatic heterocycles. The number of carboxylic acid groups (broad SMARTS) is 1. The van der Waals surface area contributed by atoms with Gasteiger partial charge in [0.25, 0.3) is 0 Å². The molecule has 1 aromatic heterocycles. The summed E-state index contributed by atoms with van der Waals surface area (Å²) in [7, 11) is 0. The fourth-order valence-corrected chi connectivity index (χ4v) is 3.75. The number of fused-ring (bicyclic) bond motifs is 1. The highest BCUT2D eigenvalue weighted by atomic mass is 16.7. The van der Waals surface area contributed by atoms with Crippen LogP contribution in [0.15, 0.2) is 24.4 Å². The lowest BCUT2D eigenvalue weighted by molar-refractivity contribution is -0.135. The molecule has 0 unspecified atom stereocenters. The van der Waals surface area contributed by atoms with Gasteiger partial charge in [0.15, 0.2) is 17.2 Å². The van der Waals surface area contributed by atoms with Crippen LogP contribution in [0.3, 0.4) is 0 Å². The van der Waals surface area contributed by atoms with Crippen LogP contribution >= 0.6 is 0 Å². The molecule has 148 valence electrons. The lowest BCUT2D eigenvalue weighted by atomic mass is 9.93. The second-order valence-electron chi connectivity index (χ2n) is 7.11. The third kappa shape index (κ3) is 3.92. The molecule has 1 saturated carbocycles. The lowest BCUT2D eigenvalue weighted by Gasteiger charge is -2.34. The van der Waals surface area contributed by atoms with Crippen LogP contribution in [0.2, 0.25) is 0 Å². The van der Waals surface area contributed by atoms with E-state index in [1.165, 1.54) is 17.3 Å². The molecule has 0 spiro atoms. The zero-order valence-electron chi connectivity index (χ0n) is 15.4. The Labute approximate surface area is 161 Å². The normalized spacial score (nSPS) is 16.1. The summed E-state index contributed by atoms with van der Waals surface area (Å²) in [4.78, 5) is 25.9. The quantitative estimate of drug-likeness (QED) is 0.810. The first-order valence-electron chi connectivity index (χ1n) is 9.41. The number of benzene rings is 1. The van der Waals surface area contributed by atoms with Crippen LogP contribution in [-0.2, 0) is 17.9 Å². The number of aromatic nitrogens is 3. The summed E-state index contributed by atoms with van der Waals surface area (Å²) < 4.78 is 12.1. The van der Waals surface area contributed by atoms with Crippen LogP contribution in [0.4, 0.5) is 0 Å². The van der Waals surface area contributed by atoms with E-state index in [4.69, 9.17) is 14.6 Å². The minimum atomic E-state index is -1.16. The van der Waals surface area contributed by atoms with E-state index >= 15 is 0 Å². The molecule has 0 radical (unpaired) electrons. The van der Waals surface area contributed by atoms with Crippen molar-refractivity contribution >= 4 is 11.9 Å². The molecule has 9 heteroatoms. The molecule has 2 aliphatic rings. The fraction of sp³-hybridized carbons (Fsp3) is 0.474. The summed E-state index contributed by atoms with van der Waals surface area (Å²) in [6, 6.07) is 5.87. The van der Waals surface area contributed by atoms with Crippen molar-refractivity contribution in [2.75, 3.05) is 6.79 Å². The van der Waals surface area contributed by atoms with Gasteiger partial charge in [-0.2, -0.15) is 0 Å². The molecule has 1 fully saturated rings. The molecule has 1 aliphatic carbocycles. The first-order valence-corrected chi connectivity index (χ1v) is 9.41. The van der Waals surface area contributed by atoms with Crippen LogP contribution in [0, 0.1) is 0 Å². The third-order valence-electron chi connectivity index (χ3n) is 5.18. The Balaban J connectivity index is 1.52. The molecular weight excluding hydrogens is 364 g/mol. The maximum Gasteiger partial charge on any atom is 0.358 e. The van der Waals surface area contributed by atoms with E-state index in [0.717, 1.165) is 31.2 Å². The maximum absolute atomic E-state index is 13.1. The SMILES string of the molecule is O=C(O)c1cn(CC(=O)N(Cc2ccc3c(c2)OCO3)C2CCCCC2)nn1. The zero-order chi connectivity index (χ0) is 19.5. The van der Waals surface area contributed by atoms with Gasteiger partial charge in [-0.1, -0.05) is 30.5 Å². The largest absolute Gasteiger partial charge is 0.476 e. The minimum absolute atomic E-state index is 0.0403. The van der Waals surface area contributed by atoms with Crippen LogP contribution in [0.1, 0.15) is 48.2 Å². The van der Waals surface area contributed by atoms with Crippen molar-refractivity contribution < 1.29 is 24.2 Å². The van der Waals surface area contributed by atoms with Gasteiger partial charge in [-0.3, -0.25) is 4.79 Å². The second kappa shape index (κ2) is 7.87. The average molecular weight is 386 g/mol. The highest BCUT2D eigenvalue weighted by Gasteiger charge is 2.27. The van der Waals surface area contributed by atoms with E-state index in [2.05, 4.69) is 10.3 Å². The van der Waals surface area contributed by atoms with Gasteiger partial charge in [0.05, 0.1) is 6.20 Å². The number of amides is 1. The summed E-state index contributed by atoms with van der Waals surface area (Å²) in [5.41, 5.74) is 0.792. The third-order valence-corrected chi connectivity index (χ3v) is 5.18. The predicted molar refractivity (Wildman–Crippen MR) is 97.0 cm³/mol. The number of hydrogen-bond donors (Lipinski definition) is 1. The highest BCUT2D eigenvalue weighted by Crippen LogP contribution is 2.33. The number of carbonyl (C=O) groups excluding carboxylic acids is 1. The molecule has 1 aromatic carbocycles. The summed E-state index contributed by atoms with van der Waals surface area (Å²) in [6.45, 7) is 0.629. The predicted octanol–water partition coefficient (Wildman–Crippen LogP) is 2.07. The Kier molecular flexibility index (Phi) is 5.14. The van der Waals surface area contributed by atoms with Crippen molar-refractivity contribution in [3.8, 4) is 11.5 Å². The van der Waals surface area contributed by atoms with Gasteiger partial charge in [0.2, 0.25) is 12.7 Å². The van der Waals surface area contributed by atoms with Crippen molar-refractivity contribution in [1.82, 2.24) is 19.9 Å². The number of aromatic carboxylic acids is 1. The zero-order valence-corrected chi connectivity index (χ0v) is 15.4. The molecule has 1 amide bonds. The van der Waals surface area contributed by atoms with E-state index in [0.29, 0.717) is 18.0 Å². The topological polar surface area (TPSA) is 107 Å². The highest BCUT2D eigenvalue weighted by molar-refractivity contribution is 5.84. The lowest BCUT2D eigenvalue weighted by Crippen LogP contribution is -2.42. The Morgan fingerprint density at radius 1 is 1.18 bits per heavy atom. The second-order valence-corrected chi connectivity index (χ2v) is 7.11. The standard InChI is InChI=1S/C19H22N4O5/c24-18(11-22-10-15(19(25)26)20-21-22)23(14-4-2-1-3-5-14)9-13-6-7-16-17(8-13)28-12-27-16/h6-8,10,14H,1-5,9,11-12H2,(H,25,26). The molecule has 28 heavy (non-hydrogen) atoms. The summed E-state index contributed by atoms with van der Waals surface area (Å²) >= 11 is 0. The van der Waals surface area contributed by atoms with Crippen LogP contribution < -0.4 is 9.47 Å². The van der Waals surface area contributed by atoms with Crippen molar-refractivity contribution in [2.45, 2.75) is 51.2 Å². The number of carboxylic acids is 1. The molecule has 9 nitrogen and oxygen atoms in total. The number of ether oxygens (including phenoxy) is 2. The molecular formula is C19H22N4O5. The van der Waals surface area contributed by atoms with E-state index < -0.39 is 5.97 Å². The monoisotopic (exact) mass is 386 g/mol. The number of nitrogens with zero attached hydrogens (tertiary/aromatic N) is 4. The molecule has 2 heterocycles. The Hall–Kier alpha value is -3.10. The maximum atomic E-state index is 13.1. The van der Waals surface area contributed by atoms with Gasteiger partial charge in [-0.15, -0.1) is 5.10 Å². The molecule has 0 bridgehead atoms. The average Bonchev–Trinajstić information content (AvgIpc) is 3.35. The summed E-state index contributed by atoms with van der Waals surface area (Å²) in [6.07, 6.45) is 6.60. The van der Waals surface area contributed by atoms with E-state index in [1.807, 2.05) is 23.1 Å². The molecule has 1 N–H and O–H groups in total. The van der Waals surface area contributed by atoms with E-state index in [1.54, 1.807) is 0 Å². The first-order chi connectivity index (χ1) is 13.6. The fourth-order valence-electron chi connectivity index (χ4n) is 3.75. The van der Waals surface area contributed by atoms with Gasteiger partial charge in [0, 0.05) is 12.6 Å². The van der Waals surface area contributed by atoms with Crippen molar-refractivity contribution in [3.05, 3.63) is 35.7 Å².